The van der Waals surface area contributed by atoms with Crippen molar-refractivity contribution in [2.45, 2.75) is 13.3 Å². The molecule has 1 aromatic rings. The predicted octanol–water partition coefficient (Wildman–Crippen LogP) is 2.67. The van der Waals surface area contributed by atoms with Crippen LogP contribution in [0.4, 0.5) is 14.5 Å². The van der Waals surface area contributed by atoms with Gasteiger partial charge in [-0.25, -0.2) is 8.78 Å². The molecule has 0 aliphatic heterocycles. The smallest absolute Gasteiger partial charge is 0.239 e. The van der Waals surface area contributed by atoms with Crippen LogP contribution in [0.25, 0.3) is 0 Å². The number of anilines is 1. The maximum Gasteiger partial charge on any atom is 0.239 e. The minimum Gasteiger partial charge on any atom is -0.374 e. The van der Waals surface area contributed by atoms with Gasteiger partial charge in [0.2, 0.25) is 5.91 Å². The number of benzene rings is 1. The molecule has 1 aromatic carbocycles. The summed E-state index contributed by atoms with van der Waals surface area (Å²) in [6.45, 7) is 2.41. The van der Waals surface area contributed by atoms with Crippen molar-refractivity contribution < 1.29 is 13.6 Å². The van der Waals surface area contributed by atoms with E-state index >= 15 is 0 Å². The number of halogens is 3. The van der Waals surface area contributed by atoms with Crippen molar-refractivity contribution in [1.29, 1.82) is 0 Å². The van der Waals surface area contributed by atoms with E-state index in [0.29, 0.717) is 6.54 Å². The summed E-state index contributed by atoms with van der Waals surface area (Å²) in [5.41, 5.74) is -0.0302. The lowest BCUT2D eigenvalue weighted by Gasteiger charge is -2.08. The molecule has 0 aromatic heterocycles. The number of nitrogens with one attached hydrogen (secondary N) is 2. The van der Waals surface area contributed by atoms with Crippen molar-refractivity contribution in [1.82, 2.24) is 5.32 Å². The maximum absolute atomic E-state index is 13.3. The summed E-state index contributed by atoms with van der Waals surface area (Å²) >= 11 is 2.87. The number of carbonyl (C=O) groups excluding carboxylic acids is 1. The number of rotatable bonds is 5. The molecule has 0 heterocycles. The topological polar surface area (TPSA) is 41.1 Å². The van der Waals surface area contributed by atoms with Gasteiger partial charge in [-0.2, -0.15) is 0 Å². The third-order valence-corrected chi connectivity index (χ3v) is 2.63. The largest absolute Gasteiger partial charge is 0.374 e. The van der Waals surface area contributed by atoms with Gasteiger partial charge in [-0.3, -0.25) is 4.79 Å². The van der Waals surface area contributed by atoms with Crippen LogP contribution in [0, 0.1) is 11.6 Å². The summed E-state index contributed by atoms with van der Waals surface area (Å²) in [6.07, 6.45) is 0.826. The first-order valence-electron chi connectivity index (χ1n) is 5.19. The van der Waals surface area contributed by atoms with Crippen LogP contribution >= 0.6 is 15.9 Å². The van der Waals surface area contributed by atoms with Crippen LogP contribution in [0.3, 0.4) is 0 Å². The van der Waals surface area contributed by atoms with E-state index in [9.17, 15) is 13.6 Å². The maximum atomic E-state index is 13.3. The second kappa shape index (κ2) is 6.54. The molecule has 0 saturated heterocycles. The van der Waals surface area contributed by atoms with E-state index in [4.69, 9.17) is 0 Å². The van der Waals surface area contributed by atoms with Crippen molar-refractivity contribution in [3.63, 3.8) is 0 Å². The summed E-state index contributed by atoms with van der Waals surface area (Å²) in [5.74, 6) is -1.45. The highest BCUT2D eigenvalue weighted by molar-refractivity contribution is 9.10. The van der Waals surface area contributed by atoms with Crippen LogP contribution in [0.15, 0.2) is 16.6 Å². The van der Waals surface area contributed by atoms with Gasteiger partial charge in [0.05, 0.1) is 16.7 Å². The van der Waals surface area contributed by atoms with E-state index in [-0.39, 0.29) is 22.6 Å². The average molecular weight is 307 g/mol. The molecule has 0 atom stereocenters. The summed E-state index contributed by atoms with van der Waals surface area (Å²) in [4.78, 5) is 11.2. The first-order valence-corrected chi connectivity index (χ1v) is 5.99. The van der Waals surface area contributed by atoms with Gasteiger partial charge < -0.3 is 10.6 Å². The fourth-order valence-corrected chi connectivity index (χ4v) is 1.48. The monoisotopic (exact) mass is 306 g/mol. The fraction of sp³-hybridized carbons (Fsp3) is 0.364. The first-order chi connectivity index (χ1) is 8.04. The molecule has 0 aliphatic rings. The van der Waals surface area contributed by atoms with E-state index in [1.54, 1.807) is 0 Å². The minimum absolute atomic E-state index is 0.0302. The number of hydrogen-bond acceptors (Lipinski definition) is 2. The standard InChI is InChI=1S/C11H13BrF2N2O/c1-2-3-15-11(17)6-16-10-5-8(13)7(12)4-9(10)14/h4-5,16H,2-3,6H2,1H3,(H,15,17). The molecule has 0 aliphatic carbocycles. The zero-order valence-corrected chi connectivity index (χ0v) is 10.9. The molecule has 3 nitrogen and oxygen atoms in total. The Balaban J connectivity index is 2.57. The van der Waals surface area contributed by atoms with Crippen molar-refractivity contribution >= 4 is 27.5 Å². The Morgan fingerprint density at radius 2 is 2.06 bits per heavy atom. The Bertz CT molecular complexity index is 413. The van der Waals surface area contributed by atoms with Gasteiger partial charge in [0.15, 0.2) is 0 Å². The normalized spacial score (nSPS) is 10.1. The predicted molar refractivity (Wildman–Crippen MR) is 65.8 cm³/mol. The minimum atomic E-state index is -0.610. The number of carbonyl (C=O) groups is 1. The van der Waals surface area contributed by atoms with Crippen LogP contribution in [-0.2, 0) is 4.79 Å². The Hall–Kier alpha value is -1.17. The summed E-state index contributed by atoms with van der Waals surface area (Å²) in [6, 6.07) is 2.02. The molecule has 2 N–H and O–H groups in total. The van der Waals surface area contributed by atoms with Crippen molar-refractivity contribution in [3.05, 3.63) is 28.2 Å². The van der Waals surface area contributed by atoms with E-state index in [2.05, 4.69) is 26.6 Å². The first kappa shape index (κ1) is 13.9. The quantitative estimate of drug-likeness (QED) is 0.821. The molecule has 6 heteroatoms. The molecule has 0 bridgehead atoms. The highest BCUT2D eigenvalue weighted by atomic mass is 79.9. The highest BCUT2D eigenvalue weighted by Gasteiger charge is 2.09. The molecule has 94 valence electrons. The highest BCUT2D eigenvalue weighted by Crippen LogP contribution is 2.22. The molecule has 0 unspecified atom stereocenters. The summed E-state index contributed by atoms with van der Waals surface area (Å²) in [7, 11) is 0. The molecule has 0 spiro atoms. The molecular formula is C11H13BrF2N2O. The van der Waals surface area contributed by atoms with Gasteiger partial charge in [-0.1, -0.05) is 6.92 Å². The Morgan fingerprint density at radius 3 is 2.71 bits per heavy atom. The molecule has 0 radical (unpaired) electrons. The molecule has 1 rings (SSSR count). The van der Waals surface area contributed by atoms with Crippen LogP contribution < -0.4 is 10.6 Å². The summed E-state index contributed by atoms with van der Waals surface area (Å²) < 4.78 is 26.5. The molecule has 0 saturated carbocycles. The number of hydrogen-bond donors (Lipinski definition) is 2. The second-order valence-electron chi connectivity index (χ2n) is 3.45. The van der Waals surface area contributed by atoms with Crippen LogP contribution in [0.2, 0.25) is 0 Å². The van der Waals surface area contributed by atoms with Gasteiger partial charge in [0, 0.05) is 12.6 Å². The van der Waals surface area contributed by atoms with E-state index in [0.717, 1.165) is 18.6 Å². The second-order valence-corrected chi connectivity index (χ2v) is 4.30. The van der Waals surface area contributed by atoms with Gasteiger partial charge in [0.1, 0.15) is 11.6 Å². The zero-order valence-electron chi connectivity index (χ0n) is 9.32. The lowest BCUT2D eigenvalue weighted by molar-refractivity contribution is -0.119. The SMILES string of the molecule is CCCNC(=O)CNc1cc(F)c(Br)cc1F. The lowest BCUT2D eigenvalue weighted by Crippen LogP contribution is -2.30. The lowest BCUT2D eigenvalue weighted by atomic mass is 10.3. The Labute approximate surface area is 107 Å². The van der Waals surface area contributed by atoms with Gasteiger partial charge in [-0.05, 0) is 28.4 Å². The third kappa shape index (κ3) is 4.30. The average Bonchev–Trinajstić information content (AvgIpc) is 2.29. The van der Waals surface area contributed by atoms with Crippen molar-refractivity contribution in [2.24, 2.45) is 0 Å². The molecule has 17 heavy (non-hydrogen) atoms. The van der Waals surface area contributed by atoms with Crippen LogP contribution in [-0.4, -0.2) is 19.0 Å². The molecular weight excluding hydrogens is 294 g/mol. The molecule has 0 fully saturated rings. The van der Waals surface area contributed by atoms with E-state index in [1.165, 1.54) is 0 Å². The zero-order chi connectivity index (χ0) is 12.8. The van der Waals surface area contributed by atoms with Gasteiger partial charge in [-0.15, -0.1) is 0 Å². The number of amides is 1. The van der Waals surface area contributed by atoms with Crippen LogP contribution in [0.1, 0.15) is 13.3 Å². The van der Waals surface area contributed by atoms with Gasteiger partial charge in [0.25, 0.3) is 0 Å². The fourth-order valence-electron chi connectivity index (χ4n) is 1.16. The summed E-state index contributed by atoms with van der Waals surface area (Å²) in [5, 5.41) is 5.16. The Morgan fingerprint density at radius 1 is 1.35 bits per heavy atom. The van der Waals surface area contributed by atoms with Crippen molar-refractivity contribution in [2.75, 3.05) is 18.4 Å². The molecule has 1 amide bonds. The Kier molecular flexibility index (Phi) is 5.34. The van der Waals surface area contributed by atoms with E-state index in [1.807, 2.05) is 6.92 Å². The van der Waals surface area contributed by atoms with Crippen LogP contribution in [0.5, 0.6) is 0 Å². The van der Waals surface area contributed by atoms with Crippen molar-refractivity contribution in [3.8, 4) is 0 Å². The third-order valence-electron chi connectivity index (χ3n) is 2.02. The van der Waals surface area contributed by atoms with E-state index < -0.39 is 11.6 Å². The van der Waals surface area contributed by atoms with Gasteiger partial charge >= 0.3 is 0 Å².